The highest BCUT2D eigenvalue weighted by atomic mass is 35.5. The van der Waals surface area contributed by atoms with Crippen molar-refractivity contribution in [2.45, 2.75) is 30.8 Å². The summed E-state index contributed by atoms with van der Waals surface area (Å²) < 4.78 is 32.6. The number of sulfonamides is 1. The fraction of sp³-hybridized carbons (Fsp3) is 0.231. The van der Waals surface area contributed by atoms with Gasteiger partial charge in [0.1, 0.15) is 0 Å². The van der Waals surface area contributed by atoms with Crippen LogP contribution in [0.4, 0.5) is 5.69 Å². The molecule has 0 aromatic heterocycles. The number of hydrogen-bond donors (Lipinski definition) is 0. The molecule has 0 N–H and O–H groups in total. The number of ether oxygens (including phenoxy) is 1. The minimum atomic E-state index is -3.90. The van der Waals surface area contributed by atoms with E-state index in [0.29, 0.717) is 0 Å². The molecule has 35 heavy (non-hydrogen) atoms. The Morgan fingerprint density at radius 3 is 2.49 bits per heavy atom. The van der Waals surface area contributed by atoms with E-state index in [1.165, 1.54) is 29.6 Å². The lowest BCUT2D eigenvalue weighted by molar-refractivity contribution is -0.122. The summed E-state index contributed by atoms with van der Waals surface area (Å²) in [5, 5.41) is 0.0343. The quantitative estimate of drug-likeness (QED) is 0.441. The van der Waals surface area contributed by atoms with E-state index in [0.717, 1.165) is 23.2 Å². The van der Waals surface area contributed by atoms with Crippen LogP contribution in [0.15, 0.2) is 77.7 Å². The molecule has 0 aliphatic carbocycles. The maximum atomic E-state index is 13.1. The van der Waals surface area contributed by atoms with Crippen molar-refractivity contribution in [1.82, 2.24) is 4.31 Å². The number of esters is 1. The molecule has 1 aliphatic rings. The minimum Gasteiger partial charge on any atom is -0.452 e. The standard InChI is InChI=1S/C26H25ClN2O5S/c1-18-14-20-10-6-7-11-24(20)29(18)25(30)17-34-26(31)22-15-21(12-13-23(22)27)35(32,33)28(2)16-19-8-4-3-5-9-19/h3-13,15,18H,14,16-17H2,1-2H3. The zero-order valence-corrected chi connectivity index (χ0v) is 20.9. The third kappa shape index (κ3) is 5.24. The highest BCUT2D eigenvalue weighted by molar-refractivity contribution is 7.89. The maximum absolute atomic E-state index is 13.1. The first-order valence-corrected chi connectivity index (χ1v) is 12.9. The van der Waals surface area contributed by atoms with Gasteiger partial charge in [0.05, 0.1) is 15.5 Å². The lowest BCUT2D eigenvalue weighted by atomic mass is 10.1. The predicted molar refractivity (Wildman–Crippen MR) is 134 cm³/mol. The van der Waals surface area contributed by atoms with Gasteiger partial charge >= 0.3 is 5.97 Å². The summed E-state index contributed by atoms with van der Waals surface area (Å²) in [6, 6.07) is 20.5. The van der Waals surface area contributed by atoms with Crippen LogP contribution in [0.25, 0.3) is 0 Å². The van der Waals surface area contributed by atoms with Crippen molar-refractivity contribution in [2.24, 2.45) is 0 Å². The van der Waals surface area contributed by atoms with Crippen molar-refractivity contribution in [3.8, 4) is 0 Å². The zero-order chi connectivity index (χ0) is 25.2. The second-order valence-electron chi connectivity index (χ2n) is 8.41. The first-order valence-electron chi connectivity index (χ1n) is 11.1. The Morgan fingerprint density at radius 1 is 1.06 bits per heavy atom. The smallest absolute Gasteiger partial charge is 0.340 e. The van der Waals surface area contributed by atoms with Gasteiger partial charge in [0.15, 0.2) is 6.61 Å². The van der Waals surface area contributed by atoms with Crippen LogP contribution in [-0.2, 0) is 32.5 Å². The van der Waals surface area contributed by atoms with Gasteiger partial charge in [0, 0.05) is 25.3 Å². The van der Waals surface area contributed by atoms with Gasteiger partial charge in [-0.05, 0) is 48.7 Å². The molecule has 0 saturated heterocycles. The summed E-state index contributed by atoms with van der Waals surface area (Å²) in [6.45, 7) is 1.60. The van der Waals surface area contributed by atoms with Crippen LogP contribution in [-0.4, -0.2) is 44.3 Å². The Balaban J connectivity index is 1.47. The fourth-order valence-corrected chi connectivity index (χ4v) is 5.53. The molecule has 7 nitrogen and oxygen atoms in total. The van der Waals surface area contributed by atoms with Crippen molar-refractivity contribution in [3.05, 3.63) is 94.5 Å². The van der Waals surface area contributed by atoms with E-state index in [4.69, 9.17) is 16.3 Å². The molecular weight excluding hydrogens is 488 g/mol. The second-order valence-corrected chi connectivity index (χ2v) is 10.9. The summed E-state index contributed by atoms with van der Waals surface area (Å²) in [6.07, 6.45) is 0.720. The van der Waals surface area contributed by atoms with Crippen LogP contribution in [0.2, 0.25) is 5.02 Å². The Hall–Kier alpha value is -3.20. The number of rotatable bonds is 7. The minimum absolute atomic E-state index is 0.0343. The molecule has 0 saturated carbocycles. The molecule has 1 aliphatic heterocycles. The third-order valence-electron chi connectivity index (χ3n) is 5.92. The Kier molecular flexibility index (Phi) is 7.25. The topological polar surface area (TPSA) is 84.0 Å². The predicted octanol–water partition coefficient (Wildman–Crippen LogP) is 4.30. The maximum Gasteiger partial charge on any atom is 0.340 e. The Morgan fingerprint density at radius 2 is 1.74 bits per heavy atom. The molecule has 1 atom stereocenters. The number of carbonyl (C=O) groups excluding carboxylic acids is 2. The van der Waals surface area contributed by atoms with Gasteiger partial charge in [-0.2, -0.15) is 4.31 Å². The van der Waals surface area contributed by atoms with Gasteiger partial charge in [0.2, 0.25) is 10.0 Å². The first-order chi connectivity index (χ1) is 16.7. The number of nitrogens with zero attached hydrogens (tertiary/aromatic N) is 2. The van der Waals surface area contributed by atoms with Gasteiger partial charge < -0.3 is 9.64 Å². The lowest BCUT2D eigenvalue weighted by Gasteiger charge is -2.22. The molecule has 1 heterocycles. The van der Waals surface area contributed by atoms with Gasteiger partial charge in [-0.25, -0.2) is 13.2 Å². The average Bonchev–Trinajstić information content (AvgIpc) is 3.18. The molecule has 9 heteroatoms. The fourth-order valence-electron chi connectivity index (χ4n) is 4.15. The molecule has 1 amide bonds. The number of anilines is 1. The molecule has 4 rings (SSSR count). The first kappa shape index (κ1) is 24.9. The van der Waals surface area contributed by atoms with Gasteiger partial charge in [-0.15, -0.1) is 0 Å². The average molecular weight is 513 g/mol. The van der Waals surface area contributed by atoms with Crippen molar-refractivity contribution < 1.29 is 22.7 Å². The van der Waals surface area contributed by atoms with E-state index < -0.39 is 22.6 Å². The molecular formula is C26H25ClN2O5S. The summed E-state index contributed by atoms with van der Waals surface area (Å²) in [7, 11) is -2.44. The summed E-state index contributed by atoms with van der Waals surface area (Å²) in [5.74, 6) is -1.23. The van der Waals surface area contributed by atoms with E-state index in [9.17, 15) is 18.0 Å². The van der Waals surface area contributed by atoms with Gasteiger partial charge in [-0.1, -0.05) is 60.1 Å². The molecule has 0 bridgehead atoms. The normalized spacial score (nSPS) is 15.2. The second kappa shape index (κ2) is 10.2. The number of amides is 1. The zero-order valence-electron chi connectivity index (χ0n) is 19.3. The van der Waals surface area contributed by atoms with Gasteiger partial charge in [-0.3, -0.25) is 4.79 Å². The van der Waals surface area contributed by atoms with E-state index in [1.807, 2.05) is 61.5 Å². The Bertz CT molecular complexity index is 1360. The van der Waals surface area contributed by atoms with Crippen LogP contribution in [0.3, 0.4) is 0 Å². The monoisotopic (exact) mass is 512 g/mol. The molecule has 3 aromatic carbocycles. The summed E-state index contributed by atoms with van der Waals surface area (Å²) in [5.41, 5.74) is 2.56. The number of benzene rings is 3. The van der Waals surface area contributed by atoms with Crippen molar-refractivity contribution in [3.63, 3.8) is 0 Å². The highest BCUT2D eigenvalue weighted by Crippen LogP contribution is 2.32. The summed E-state index contributed by atoms with van der Waals surface area (Å²) >= 11 is 6.18. The molecule has 0 fully saturated rings. The van der Waals surface area contributed by atoms with Crippen LogP contribution in [0, 0.1) is 0 Å². The van der Waals surface area contributed by atoms with Crippen LogP contribution >= 0.6 is 11.6 Å². The van der Waals surface area contributed by atoms with Crippen LogP contribution in [0.1, 0.15) is 28.4 Å². The number of fused-ring (bicyclic) bond motifs is 1. The molecule has 0 radical (unpaired) electrons. The van der Waals surface area contributed by atoms with Crippen molar-refractivity contribution in [1.29, 1.82) is 0 Å². The van der Waals surface area contributed by atoms with E-state index in [-0.39, 0.29) is 34.0 Å². The molecule has 3 aromatic rings. The third-order valence-corrected chi connectivity index (χ3v) is 8.05. The summed E-state index contributed by atoms with van der Waals surface area (Å²) in [4.78, 5) is 27.1. The van der Waals surface area contributed by atoms with Crippen molar-refractivity contribution >= 4 is 39.2 Å². The number of halogens is 1. The Labute approximate surface area is 209 Å². The van der Waals surface area contributed by atoms with Crippen LogP contribution in [0.5, 0.6) is 0 Å². The number of hydrogen-bond acceptors (Lipinski definition) is 5. The largest absolute Gasteiger partial charge is 0.452 e. The van der Waals surface area contributed by atoms with Crippen molar-refractivity contribution in [2.75, 3.05) is 18.6 Å². The van der Waals surface area contributed by atoms with E-state index in [2.05, 4.69) is 0 Å². The lowest BCUT2D eigenvalue weighted by Crippen LogP contribution is -2.38. The van der Waals surface area contributed by atoms with E-state index >= 15 is 0 Å². The van der Waals surface area contributed by atoms with Crippen LogP contribution < -0.4 is 4.90 Å². The highest BCUT2D eigenvalue weighted by Gasteiger charge is 2.31. The van der Waals surface area contributed by atoms with Gasteiger partial charge in [0.25, 0.3) is 5.91 Å². The van der Waals surface area contributed by atoms with E-state index in [1.54, 1.807) is 4.90 Å². The molecule has 1 unspecified atom stereocenters. The molecule has 182 valence electrons. The molecule has 0 spiro atoms. The number of para-hydroxylation sites is 1. The SMILES string of the molecule is CC1Cc2ccccc2N1C(=O)COC(=O)c1cc(S(=O)(=O)N(C)Cc2ccccc2)ccc1Cl. The number of carbonyl (C=O) groups is 2.